The molecule has 5 heteroatoms. The molecule has 1 heterocycles. The average Bonchev–Trinajstić information content (AvgIpc) is 2.52. The minimum absolute atomic E-state index is 0.269. The van der Waals surface area contributed by atoms with Crippen LogP contribution >= 0.6 is 12.2 Å². The van der Waals surface area contributed by atoms with Crippen LogP contribution in [0.2, 0.25) is 0 Å². The first-order valence-electron chi connectivity index (χ1n) is 3.89. The van der Waals surface area contributed by atoms with Crippen LogP contribution in [0.5, 0.6) is 0 Å². The lowest BCUT2D eigenvalue weighted by atomic mass is 10.3. The van der Waals surface area contributed by atoms with Gasteiger partial charge in [-0.15, -0.1) is 0 Å². The largest absolute Gasteiger partial charge is 0.394 e. The topological polar surface area (TPSA) is 71.4 Å². The molecular weight excluding hydrogens is 188 g/mol. The van der Waals surface area contributed by atoms with Crippen molar-refractivity contribution in [2.24, 2.45) is 5.73 Å². The molecular formula is C8H12N2O2S. The van der Waals surface area contributed by atoms with Crippen molar-refractivity contribution in [1.29, 1.82) is 0 Å². The molecule has 0 bridgehead atoms. The summed E-state index contributed by atoms with van der Waals surface area (Å²) in [4.78, 5) is 0.287. The molecule has 0 amide bonds. The van der Waals surface area contributed by atoms with Crippen LogP contribution in [0, 0.1) is 0 Å². The first kappa shape index (κ1) is 10.2. The second-order valence-electron chi connectivity index (χ2n) is 2.75. The van der Waals surface area contributed by atoms with E-state index in [4.69, 9.17) is 23.1 Å². The van der Waals surface area contributed by atoms with Crippen molar-refractivity contribution in [3.05, 3.63) is 24.0 Å². The zero-order valence-corrected chi connectivity index (χ0v) is 7.87. The molecule has 0 saturated heterocycles. The monoisotopic (exact) mass is 200 g/mol. The van der Waals surface area contributed by atoms with Crippen LogP contribution < -0.4 is 5.73 Å². The Labute approximate surface area is 81.6 Å². The fourth-order valence-electron chi connectivity index (χ4n) is 1.08. The van der Waals surface area contributed by atoms with E-state index < -0.39 is 6.10 Å². The Kier molecular flexibility index (Phi) is 3.41. The summed E-state index contributed by atoms with van der Waals surface area (Å²) in [6.07, 6.45) is 0.980. The van der Waals surface area contributed by atoms with Gasteiger partial charge in [-0.2, -0.15) is 0 Å². The van der Waals surface area contributed by atoms with Gasteiger partial charge >= 0.3 is 0 Å². The predicted molar refractivity (Wildman–Crippen MR) is 53.4 cm³/mol. The zero-order valence-electron chi connectivity index (χ0n) is 7.05. The molecule has 0 aliphatic heterocycles. The van der Waals surface area contributed by atoms with Gasteiger partial charge in [0.25, 0.3) is 0 Å². The van der Waals surface area contributed by atoms with Crippen molar-refractivity contribution >= 4 is 17.2 Å². The van der Waals surface area contributed by atoms with Crippen LogP contribution in [0.3, 0.4) is 0 Å². The molecule has 0 saturated carbocycles. The maximum atomic E-state index is 9.18. The van der Waals surface area contributed by atoms with Crippen molar-refractivity contribution in [1.82, 2.24) is 4.57 Å². The second kappa shape index (κ2) is 4.36. The lowest BCUT2D eigenvalue weighted by molar-refractivity contribution is 0.0812. The Morgan fingerprint density at radius 3 is 2.92 bits per heavy atom. The van der Waals surface area contributed by atoms with Gasteiger partial charge in [-0.25, -0.2) is 0 Å². The van der Waals surface area contributed by atoms with E-state index in [1.807, 2.05) is 0 Å². The average molecular weight is 200 g/mol. The Balaban J connectivity index is 2.76. The van der Waals surface area contributed by atoms with Crippen molar-refractivity contribution in [3.63, 3.8) is 0 Å². The third kappa shape index (κ3) is 2.51. The Hall–Kier alpha value is -0.910. The smallest absolute Gasteiger partial charge is 0.120 e. The maximum Gasteiger partial charge on any atom is 0.120 e. The summed E-state index contributed by atoms with van der Waals surface area (Å²) in [5.41, 5.74) is 6.14. The third-order valence-electron chi connectivity index (χ3n) is 1.70. The van der Waals surface area contributed by atoms with E-state index in [-0.39, 0.29) is 11.6 Å². The summed E-state index contributed by atoms with van der Waals surface area (Å²) in [6.45, 7) is 0.0329. The summed E-state index contributed by atoms with van der Waals surface area (Å²) in [5, 5.41) is 17.8. The molecule has 4 N–H and O–H groups in total. The SMILES string of the molecule is NC(=S)c1cccn1CC(O)CO. The van der Waals surface area contributed by atoms with Gasteiger partial charge < -0.3 is 20.5 Å². The number of nitrogens with two attached hydrogens (primary N) is 1. The first-order chi connectivity index (χ1) is 6.15. The number of rotatable bonds is 4. The predicted octanol–water partition coefficient (Wildman–Crippen LogP) is -0.525. The van der Waals surface area contributed by atoms with Gasteiger partial charge in [0, 0.05) is 6.20 Å². The Morgan fingerprint density at radius 2 is 2.38 bits per heavy atom. The Bertz CT molecular complexity index is 298. The van der Waals surface area contributed by atoms with Gasteiger partial charge in [-0.1, -0.05) is 12.2 Å². The number of aromatic nitrogens is 1. The van der Waals surface area contributed by atoms with E-state index in [9.17, 15) is 5.11 Å². The van der Waals surface area contributed by atoms with Gasteiger partial charge in [0.15, 0.2) is 0 Å². The van der Waals surface area contributed by atoms with Crippen molar-refractivity contribution in [2.45, 2.75) is 12.6 Å². The fraction of sp³-hybridized carbons (Fsp3) is 0.375. The van der Waals surface area contributed by atoms with Crippen LogP contribution in [0.15, 0.2) is 18.3 Å². The molecule has 1 unspecified atom stereocenters. The molecule has 4 nitrogen and oxygen atoms in total. The molecule has 13 heavy (non-hydrogen) atoms. The number of hydrogen-bond donors (Lipinski definition) is 3. The Morgan fingerprint density at radius 1 is 1.69 bits per heavy atom. The molecule has 0 fully saturated rings. The number of nitrogens with zero attached hydrogens (tertiary/aromatic N) is 1. The van der Waals surface area contributed by atoms with Gasteiger partial charge in [-0.3, -0.25) is 0 Å². The molecule has 1 aromatic rings. The van der Waals surface area contributed by atoms with Crippen molar-refractivity contribution in [3.8, 4) is 0 Å². The second-order valence-corrected chi connectivity index (χ2v) is 3.19. The summed E-state index contributed by atoms with van der Waals surface area (Å²) in [7, 11) is 0. The standard InChI is InChI=1S/C8H12N2O2S/c9-8(13)7-2-1-3-10(7)4-6(12)5-11/h1-3,6,11-12H,4-5H2,(H2,9,13). The van der Waals surface area contributed by atoms with Gasteiger partial charge in [0.2, 0.25) is 0 Å². The van der Waals surface area contributed by atoms with Gasteiger partial charge in [-0.05, 0) is 12.1 Å². The number of hydrogen-bond acceptors (Lipinski definition) is 3. The summed E-state index contributed by atoms with van der Waals surface area (Å²) in [5.74, 6) is 0. The summed E-state index contributed by atoms with van der Waals surface area (Å²) < 4.78 is 1.71. The molecule has 1 aromatic heterocycles. The number of aliphatic hydroxyl groups is 2. The number of thiocarbonyl (C=S) groups is 1. The summed E-state index contributed by atoms with van der Waals surface area (Å²) in [6, 6.07) is 3.56. The van der Waals surface area contributed by atoms with E-state index in [1.165, 1.54) is 0 Å². The zero-order chi connectivity index (χ0) is 9.84. The van der Waals surface area contributed by atoms with E-state index in [1.54, 1.807) is 22.9 Å². The molecule has 0 radical (unpaired) electrons. The van der Waals surface area contributed by atoms with Crippen molar-refractivity contribution < 1.29 is 10.2 Å². The molecule has 1 atom stereocenters. The highest BCUT2D eigenvalue weighted by atomic mass is 32.1. The van der Waals surface area contributed by atoms with E-state index >= 15 is 0 Å². The van der Waals surface area contributed by atoms with E-state index in [0.717, 1.165) is 0 Å². The lowest BCUT2D eigenvalue weighted by Gasteiger charge is -2.11. The minimum atomic E-state index is -0.777. The van der Waals surface area contributed by atoms with Crippen LogP contribution in [0.25, 0.3) is 0 Å². The normalized spacial score (nSPS) is 12.8. The highest BCUT2D eigenvalue weighted by Gasteiger charge is 2.07. The first-order valence-corrected chi connectivity index (χ1v) is 4.30. The fourth-order valence-corrected chi connectivity index (χ4v) is 1.27. The van der Waals surface area contributed by atoms with E-state index in [2.05, 4.69) is 0 Å². The molecule has 72 valence electrons. The van der Waals surface area contributed by atoms with Crippen LogP contribution in [0.1, 0.15) is 5.69 Å². The molecule has 0 aromatic carbocycles. The van der Waals surface area contributed by atoms with Crippen LogP contribution in [0.4, 0.5) is 0 Å². The molecule has 0 aliphatic rings. The quantitative estimate of drug-likeness (QED) is 0.572. The summed E-state index contributed by atoms with van der Waals surface area (Å²) >= 11 is 4.81. The number of aliphatic hydroxyl groups excluding tert-OH is 2. The van der Waals surface area contributed by atoms with Gasteiger partial charge in [0.05, 0.1) is 24.9 Å². The lowest BCUT2D eigenvalue weighted by Crippen LogP contribution is -2.23. The minimum Gasteiger partial charge on any atom is -0.394 e. The third-order valence-corrected chi connectivity index (χ3v) is 1.91. The van der Waals surface area contributed by atoms with Crippen molar-refractivity contribution in [2.75, 3.05) is 6.61 Å². The van der Waals surface area contributed by atoms with Crippen LogP contribution in [-0.4, -0.2) is 32.5 Å². The van der Waals surface area contributed by atoms with Gasteiger partial charge in [0.1, 0.15) is 4.99 Å². The highest BCUT2D eigenvalue weighted by Crippen LogP contribution is 2.03. The van der Waals surface area contributed by atoms with E-state index in [0.29, 0.717) is 12.2 Å². The maximum absolute atomic E-state index is 9.18. The molecule has 1 rings (SSSR count). The highest BCUT2D eigenvalue weighted by molar-refractivity contribution is 7.80. The molecule has 0 aliphatic carbocycles. The van der Waals surface area contributed by atoms with Crippen LogP contribution in [-0.2, 0) is 6.54 Å². The molecule has 0 spiro atoms.